The van der Waals surface area contributed by atoms with E-state index in [1.165, 1.54) is 16.9 Å². The highest BCUT2D eigenvalue weighted by Crippen LogP contribution is 2.21. The first-order chi connectivity index (χ1) is 14.9. The van der Waals surface area contributed by atoms with E-state index in [4.69, 9.17) is 17.3 Å². The molecule has 0 bridgehead atoms. The quantitative estimate of drug-likeness (QED) is 0.496. The number of ketones is 1. The molecule has 1 atom stereocenters. The Morgan fingerprint density at radius 3 is 2.61 bits per heavy atom. The van der Waals surface area contributed by atoms with E-state index in [9.17, 15) is 14.4 Å². The van der Waals surface area contributed by atoms with Gasteiger partial charge in [-0.05, 0) is 18.6 Å². The van der Waals surface area contributed by atoms with Crippen LogP contribution in [0.4, 0.5) is 0 Å². The van der Waals surface area contributed by atoms with Crippen LogP contribution < -0.4 is 11.1 Å². The van der Waals surface area contributed by atoms with Crippen LogP contribution in [0.25, 0.3) is 17.1 Å². The maximum atomic E-state index is 13.0. The zero-order chi connectivity index (χ0) is 22.4. The van der Waals surface area contributed by atoms with Crippen molar-refractivity contribution in [1.82, 2.24) is 20.1 Å². The van der Waals surface area contributed by atoms with Crippen LogP contribution in [0.2, 0.25) is 5.02 Å². The number of hydrogen-bond donors (Lipinski definition) is 2. The smallest absolute Gasteiger partial charge is 0.287 e. The van der Waals surface area contributed by atoms with Gasteiger partial charge in [-0.15, -0.1) is 0 Å². The molecule has 2 heterocycles. The van der Waals surface area contributed by atoms with E-state index in [0.29, 0.717) is 18.5 Å². The van der Waals surface area contributed by atoms with Crippen molar-refractivity contribution in [2.45, 2.75) is 32.2 Å². The van der Waals surface area contributed by atoms with E-state index in [-0.39, 0.29) is 16.4 Å². The number of aromatic nitrogens is 3. The first-order valence-corrected chi connectivity index (χ1v) is 10.2. The average Bonchev–Trinajstić information content (AvgIpc) is 3.26. The Balaban J connectivity index is 1.92. The second-order valence-corrected chi connectivity index (χ2v) is 7.37. The Morgan fingerprint density at radius 2 is 1.94 bits per heavy atom. The minimum atomic E-state index is -1.09. The zero-order valence-electron chi connectivity index (χ0n) is 16.9. The third-order valence-electron chi connectivity index (χ3n) is 4.66. The van der Waals surface area contributed by atoms with Crippen LogP contribution in [0.1, 0.15) is 36.5 Å². The molecular weight excluding hydrogens is 418 g/mol. The van der Waals surface area contributed by atoms with E-state index >= 15 is 0 Å². The predicted molar refractivity (Wildman–Crippen MR) is 117 cm³/mol. The van der Waals surface area contributed by atoms with Crippen LogP contribution in [0.15, 0.2) is 54.9 Å². The number of nitrogens with one attached hydrogen (secondary N) is 1. The predicted octanol–water partition coefficient (Wildman–Crippen LogP) is 2.93. The summed E-state index contributed by atoms with van der Waals surface area (Å²) in [4.78, 5) is 40.8. The van der Waals surface area contributed by atoms with Crippen molar-refractivity contribution in [3.8, 4) is 17.1 Å². The molecule has 2 amide bonds. The molecule has 0 fully saturated rings. The number of carbonyl (C=O) groups is 3. The Hall–Kier alpha value is -3.52. The number of nitrogens with zero attached hydrogens (tertiary/aromatic N) is 3. The molecule has 3 N–H and O–H groups in total. The lowest BCUT2D eigenvalue weighted by Gasteiger charge is -2.17. The lowest BCUT2D eigenvalue weighted by atomic mass is 10.0. The van der Waals surface area contributed by atoms with Gasteiger partial charge in [0.05, 0.1) is 22.3 Å². The number of hydrogen-bond acceptors (Lipinski definition) is 5. The molecule has 8 nitrogen and oxygen atoms in total. The summed E-state index contributed by atoms with van der Waals surface area (Å²) in [5, 5.41) is 7.35. The van der Waals surface area contributed by atoms with Gasteiger partial charge in [0.25, 0.3) is 11.8 Å². The molecule has 160 valence electrons. The molecule has 3 aromatic rings. The fraction of sp³-hybridized carbons (Fsp3) is 0.227. The van der Waals surface area contributed by atoms with Gasteiger partial charge in [0.2, 0.25) is 5.78 Å². The van der Waals surface area contributed by atoms with Gasteiger partial charge < -0.3 is 11.1 Å². The molecule has 0 aliphatic heterocycles. The van der Waals surface area contributed by atoms with E-state index < -0.39 is 23.6 Å². The van der Waals surface area contributed by atoms with Crippen LogP contribution in [0, 0.1) is 0 Å². The minimum Gasteiger partial charge on any atom is -0.363 e. The third kappa shape index (κ3) is 5.35. The molecule has 1 unspecified atom stereocenters. The number of rotatable bonds is 9. The Labute approximate surface area is 184 Å². The molecule has 0 aliphatic carbocycles. The largest absolute Gasteiger partial charge is 0.363 e. The highest BCUT2D eigenvalue weighted by molar-refractivity contribution is 6.38. The summed E-state index contributed by atoms with van der Waals surface area (Å²) >= 11 is 6.07. The summed E-state index contributed by atoms with van der Waals surface area (Å²) in [6.45, 7) is 1.94. The molecule has 0 aliphatic rings. The maximum Gasteiger partial charge on any atom is 0.287 e. The Morgan fingerprint density at radius 1 is 1.19 bits per heavy atom. The average molecular weight is 440 g/mol. The van der Waals surface area contributed by atoms with Gasteiger partial charge in [-0.1, -0.05) is 61.7 Å². The standard InChI is InChI=1S/C22H22ClN5O3/c1-2-3-9-18(19(29)20(24)30)26-22(31)16-12-15(23)13-25-21(16)28-11-10-17(27-28)14-7-5-4-6-8-14/h4-8,10-13,18H,2-3,9H2,1H3,(H2,24,30)(H,26,31). The molecule has 0 spiro atoms. The molecule has 0 saturated carbocycles. The van der Waals surface area contributed by atoms with E-state index in [2.05, 4.69) is 15.4 Å². The number of pyridine rings is 1. The molecule has 0 radical (unpaired) electrons. The summed E-state index contributed by atoms with van der Waals surface area (Å²) in [5.74, 6) is -2.29. The summed E-state index contributed by atoms with van der Waals surface area (Å²) in [6, 6.07) is 11.8. The maximum absolute atomic E-state index is 13.0. The Bertz CT molecular complexity index is 1100. The van der Waals surface area contributed by atoms with Gasteiger partial charge in [-0.3, -0.25) is 14.4 Å². The minimum absolute atomic E-state index is 0.119. The van der Waals surface area contributed by atoms with Crippen molar-refractivity contribution in [1.29, 1.82) is 0 Å². The number of halogens is 1. The van der Waals surface area contributed by atoms with Crippen LogP contribution in [-0.4, -0.2) is 38.4 Å². The number of Topliss-reactive ketones (excluding diaryl/α,β-unsaturated/α-hetero) is 1. The number of nitrogens with two attached hydrogens (primary N) is 1. The third-order valence-corrected chi connectivity index (χ3v) is 4.87. The zero-order valence-corrected chi connectivity index (χ0v) is 17.7. The number of benzene rings is 1. The summed E-state index contributed by atoms with van der Waals surface area (Å²) in [6.07, 6.45) is 4.81. The van der Waals surface area contributed by atoms with E-state index in [0.717, 1.165) is 12.0 Å². The Kier molecular flexibility index (Phi) is 7.15. The number of unbranched alkanes of at least 4 members (excludes halogenated alkanes) is 1. The number of primary amides is 1. The van der Waals surface area contributed by atoms with Gasteiger partial charge in [0, 0.05) is 18.0 Å². The van der Waals surface area contributed by atoms with Crippen LogP contribution >= 0.6 is 11.6 Å². The van der Waals surface area contributed by atoms with Gasteiger partial charge in [0.15, 0.2) is 5.82 Å². The molecular formula is C22H22ClN5O3. The lowest BCUT2D eigenvalue weighted by Crippen LogP contribution is -2.46. The van der Waals surface area contributed by atoms with Crippen molar-refractivity contribution in [2.75, 3.05) is 0 Å². The van der Waals surface area contributed by atoms with Gasteiger partial charge in [0.1, 0.15) is 0 Å². The SMILES string of the molecule is CCCCC(NC(=O)c1cc(Cl)cnc1-n1ccc(-c2ccccc2)n1)C(=O)C(N)=O. The molecule has 1 aromatic carbocycles. The van der Waals surface area contributed by atoms with Gasteiger partial charge in [-0.25, -0.2) is 9.67 Å². The fourth-order valence-electron chi connectivity index (χ4n) is 3.07. The second kappa shape index (κ2) is 9.99. The normalized spacial score (nSPS) is 11.7. The van der Waals surface area contributed by atoms with E-state index in [1.807, 2.05) is 37.3 Å². The summed E-state index contributed by atoms with van der Waals surface area (Å²) in [5.41, 5.74) is 6.87. The van der Waals surface area contributed by atoms with Crippen molar-refractivity contribution >= 4 is 29.2 Å². The molecule has 9 heteroatoms. The molecule has 0 saturated heterocycles. The monoisotopic (exact) mass is 439 g/mol. The number of amides is 2. The van der Waals surface area contributed by atoms with Gasteiger partial charge in [-0.2, -0.15) is 5.10 Å². The first kappa shape index (κ1) is 22.2. The van der Waals surface area contributed by atoms with Gasteiger partial charge >= 0.3 is 0 Å². The summed E-state index contributed by atoms with van der Waals surface area (Å²) < 4.78 is 1.46. The van der Waals surface area contributed by atoms with E-state index in [1.54, 1.807) is 12.3 Å². The second-order valence-electron chi connectivity index (χ2n) is 6.93. The number of carbonyl (C=O) groups excluding carboxylic acids is 3. The first-order valence-electron chi connectivity index (χ1n) is 9.82. The van der Waals surface area contributed by atoms with Crippen LogP contribution in [0.3, 0.4) is 0 Å². The highest BCUT2D eigenvalue weighted by Gasteiger charge is 2.26. The molecule has 31 heavy (non-hydrogen) atoms. The van der Waals surface area contributed by atoms with Crippen molar-refractivity contribution in [2.24, 2.45) is 5.73 Å². The lowest BCUT2D eigenvalue weighted by molar-refractivity contribution is -0.137. The molecule has 3 rings (SSSR count). The van der Waals surface area contributed by atoms with Crippen LogP contribution in [0.5, 0.6) is 0 Å². The summed E-state index contributed by atoms with van der Waals surface area (Å²) in [7, 11) is 0. The fourth-order valence-corrected chi connectivity index (χ4v) is 3.23. The highest BCUT2D eigenvalue weighted by atomic mass is 35.5. The molecule has 2 aromatic heterocycles. The topological polar surface area (TPSA) is 120 Å². The van der Waals surface area contributed by atoms with Crippen molar-refractivity contribution in [3.63, 3.8) is 0 Å². The van der Waals surface area contributed by atoms with Crippen LogP contribution in [-0.2, 0) is 9.59 Å². The van der Waals surface area contributed by atoms with Crippen molar-refractivity contribution in [3.05, 3.63) is 65.4 Å². The van der Waals surface area contributed by atoms with Crippen molar-refractivity contribution < 1.29 is 14.4 Å².